The number of amides is 3. The zero-order valence-corrected chi connectivity index (χ0v) is 14.0. The van der Waals surface area contributed by atoms with Gasteiger partial charge in [-0.15, -0.1) is 0 Å². The third kappa shape index (κ3) is 3.79. The number of urea groups is 1. The van der Waals surface area contributed by atoms with Crippen LogP contribution >= 0.6 is 0 Å². The van der Waals surface area contributed by atoms with E-state index in [0.29, 0.717) is 31.7 Å². The average molecular weight is 343 g/mol. The Kier molecular flexibility index (Phi) is 4.79. The van der Waals surface area contributed by atoms with Gasteiger partial charge in [-0.25, -0.2) is 13.2 Å². The molecule has 1 saturated carbocycles. The lowest BCUT2D eigenvalue weighted by Gasteiger charge is -2.16. The van der Waals surface area contributed by atoms with E-state index in [-0.39, 0.29) is 29.8 Å². The highest BCUT2D eigenvalue weighted by Crippen LogP contribution is 2.28. The molecule has 8 heteroatoms. The maximum absolute atomic E-state index is 12.2. The summed E-state index contributed by atoms with van der Waals surface area (Å²) < 4.78 is 24.3. The largest absolute Gasteiger partial charge is 0.353 e. The first-order chi connectivity index (χ1) is 11.0. The molecule has 0 aromatic carbocycles. The molecule has 23 heavy (non-hydrogen) atoms. The van der Waals surface area contributed by atoms with Crippen LogP contribution in [0.4, 0.5) is 4.79 Å². The minimum Gasteiger partial charge on any atom is -0.353 e. The Balaban J connectivity index is 1.41. The number of rotatable bonds is 6. The summed E-state index contributed by atoms with van der Waals surface area (Å²) in [5.41, 5.74) is 0. The first-order valence-corrected chi connectivity index (χ1v) is 10.3. The molecule has 0 radical (unpaired) electrons. The fraction of sp³-hybridized carbons (Fsp3) is 0.867. The van der Waals surface area contributed by atoms with Gasteiger partial charge in [0.1, 0.15) is 0 Å². The van der Waals surface area contributed by atoms with E-state index in [2.05, 4.69) is 16.0 Å². The molecule has 3 amide bonds. The van der Waals surface area contributed by atoms with Gasteiger partial charge in [0, 0.05) is 12.5 Å². The van der Waals surface area contributed by atoms with E-state index < -0.39 is 15.1 Å². The van der Waals surface area contributed by atoms with E-state index in [1.807, 2.05) is 0 Å². The van der Waals surface area contributed by atoms with Gasteiger partial charge in [0.2, 0.25) is 5.91 Å². The lowest BCUT2D eigenvalue weighted by atomic mass is 10.0. The van der Waals surface area contributed by atoms with Crippen molar-refractivity contribution >= 4 is 21.8 Å². The number of nitrogens with one attached hydrogen (secondary N) is 3. The predicted molar refractivity (Wildman–Crippen MR) is 85.7 cm³/mol. The van der Waals surface area contributed by atoms with E-state index in [4.69, 9.17) is 0 Å². The Bertz CT molecular complexity index is 571. The molecule has 130 valence electrons. The van der Waals surface area contributed by atoms with Crippen LogP contribution in [0.1, 0.15) is 51.4 Å². The number of fused-ring (bicyclic) bond motifs is 1. The molecule has 0 unspecified atom stereocenters. The van der Waals surface area contributed by atoms with Gasteiger partial charge in [-0.05, 0) is 25.7 Å². The molecule has 3 rings (SSSR count). The van der Waals surface area contributed by atoms with E-state index in [1.54, 1.807) is 0 Å². The molecular weight excluding hydrogens is 318 g/mol. The van der Waals surface area contributed by atoms with Crippen LogP contribution in [0.3, 0.4) is 0 Å². The van der Waals surface area contributed by atoms with Crippen LogP contribution in [-0.4, -0.2) is 49.5 Å². The van der Waals surface area contributed by atoms with Gasteiger partial charge in [-0.2, -0.15) is 0 Å². The molecule has 7 nitrogen and oxygen atoms in total. The number of unbranched alkanes of at least 4 members (excludes halogenated alkanes) is 1. The summed E-state index contributed by atoms with van der Waals surface area (Å²) in [6, 6.07) is -0.572. The SMILES string of the molecule is O=C(CCCC[C@@H]1[C@H]2NC(=O)N[C@H]2CS1(=O)=O)NC1CCCC1. The van der Waals surface area contributed by atoms with Crippen molar-refractivity contribution in [1.29, 1.82) is 0 Å². The first kappa shape index (κ1) is 16.5. The Hall–Kier alpha value is -1.31. The maximum Gasteiger partial charge on any atom is 0.315 e. The Morgan fingerprint density at radius 2 is 1.91 bits per heavy atom. The van der Waals surface area contributed by atoms with Crippen LogP contribution in [0.15, 0.2) is 0 Å². The molecule has 3 fully saturated rings. The summed E-state index contributed by atoms with van der Waals surface area (Å²) in [7, 11) is -3.17. The number of hydrogen-bond acceptors (Lipinski definition) is 4. The third-order valence-electron chi connectivity index (χ3n) is 5.18. The molecule has 0 aromatic heterocycles. The highest BCUT2D eigenvalue weighted by Gasteiger charge is 2.51. The molecule has 2 aliphatic heterocycles. The summed E-state index contributed by atoms with van der Waals surface area (Å²) in [4.78, 5) is 23.2. The van der Waals surface area contributed by atoms with Crippen LogP contribution in [-0.2, 0) is 14.6 Å². The quantitative estimate of drug-likeness (QED) is 0.481. The van der Waals surface area contributed by atoms with E-state index in [9.17, 15) is 18.0 Å². The molecule has 2 heterocycles. The van der Waals surface area contributed by atoms with Gasteiger partial charge in [-0.1, -0.05) is 19.3 Å². The van der Waals surface area contributed by atoms with Crippen molar-refractivity contribution in [2.75, 3.05) is 5.75 Å². The van der Waals surface area contributed by atoms with Gasteiger partial charge >= 0.3 is 6.03 Å². The van der Waals surface area contributed by atoms with Gasteiger partial charge < -0.3 is 16.0 Å². The smallest absolute Gasteiger partial charge is 0.315 e. The lowest BCUT2D eigenvalue weighted by molar-refractivity contribution is -0.121. The van der Waals surface area contributed by atoms with Crippen LogP contribution in [0.2, 0.25) is 0 Å². The van der Waals surface area contributed by atoms with Gasteiger partial charge in [0.15, 0.2) is 9.84 Å². The van der Waals surface area contributed by atoms with Crippen LogP contribution in [0.5, 0.6) is 0 Å². The molecule has 0 spiro atoms. The minimum atomic E-state index is -3.17. The zero-order valence-electron chi connectivity index (χ0n) is 13.2. The van der Waals surface area contributed by atoms with E-state index in [0.717, 1.165) is 12.8 Å². The topological polar surface area (TPSA) is 104 Å². The average Bonchev–Trinajstić information content (AvgIpc) is 3.12. The lowest BCUT2D eigenvalue weighted by Crippen LogP contribution is -2.39. The van der Waals surface area contributed by atoms with Gasteiger partial charge in [0.05, 0.1) is 23.1 Å². The summed E-state index contributed by atoms with van der Waals surface area (Å²) in [5, 5.41) is 7.89. The fourth-order valence-electron chi connectivity index (χ4n) is 4.01. The minimum absolute atomic E-state index is 0.0171. The van der Waals surface area contributed by atoms with Gasteiger partial charge in [-0.3, -0.25) is 4.79 Å². The fourth-order valence-corrected chi connectivity index (χ4v) is 6.28. The molecule has 3 atom stereocenters. The second kappa shape index (κ2) is 6.67. The standard InChI is InChI=1S/C15H25N3O4S/c19-13(16-10-5-1-2-6-10)8-4-3-7-12-14-11(9-23(12,21)22)17-15(20)18-14/h10-12,14H,1-9H2,(H,16,19)(H2,17,18,20)/t11-,12+,14-/m0/s1. The highest BCUT2D eigenvalue weighted by molar-refractivity contribution is 7.92. The second-order valence-corrected chi connectivity index (χ2v) is 9.18. The predicted octanol–water partition coefficient (Wildman–Crippen LogP) is 0.453. The summed E-state index contributed by atoms with van der Waals surface area (Å²) in [5.74, 6) is 0.0864. The van der Waals surface area contributed by atoms with Crippen molar-refractivity contribution in [3.63, 3.8) is 0 Å². The van der Waals surface area contributed by atoms with Crippen LogP contribution < -0.4 is 16.0 Å². The van der Waals surface area contributed by atoms with Crippen LogP contribution in [0.25, 0.3) is 0 Å². The van der Waals surface area contributed by atoms with Crippen molar-refractivity contribution in [3.05, 3.63) is 0 Å². The summed E-state index contributed by atoms with van der Waals surface area (Å²) in [6.45, 7) is 0. The van der Waals surface area contributed by atoms with Crippen LogP contribution in [0, 0.1) is 0 Å². The van der Waals surface area contributed by atoms with Crippen molar-refractivity contribution in [2.45, 2.75) is 74.7 Å². The molecule has 1 aliphatic carbocycles. The molecule has 3 N–H and O–H groups in total. The van der Waals surface area contributed by atoms with Crippen molar-refractivity contribution < 1.29 is 18.0 Å². The first-order valence-electron chi connectivity index (χ1n) is 8.54. The monoisotopic (exact) mass is 343 g/mol. The van der Waals surface area contributed by atoms with Gasteiger partial charge in [0.25, 0.3) is 0 Å². The maximum atomic E-state index is 12.2. The Morgan fingerprint density at radius 3 is 2.65 bits per heavy atom. The number of carbonyl (C=O) groups excluding carboxylic acids is 2. The normalized spacial score (nSPS) is 32.3. The molecule has 3 aliphatic rings. The highest BCUT2D eigenvalue weighted by atomic mass is 32.2. The van der Waals surface area contributed by atoms with Crippen molar-refractivity contribution in [3.8, 4) is 0 Å². The molecule has 0 aromatic rings. The van der Waals surface area contributed by atoms with E-state index >= 15 is 0 Å². The summed E-state index contributed by atoms with van der Waals surface area (Å²) in [6.07, 6.45) is 6.83. The van der Waals surface area contributed by atoms with Crippen molar-refractivity contribution in [1.82, 2.24) is 16.0 Å². The molecule has 0 bridgehead atoms. The Morgan fingerprint density at radius 1 is 1.17 bits per heavy atom. The molecule has 2 saturated heterocycles. The number of hydrogen-bond donors (Lipinski definition) is 3. The zero-order chi connectivity index (χ0) is 16.4. The number of sulfone groups is 1. The second-order valence-electron chi connectivity index (χ2n) is 6.91. The third-order valence-corrected chi connectivity index (χ3v) is 7.46. The number of carbonyl (C=O) groups is 2. The van der Waals surface area contributed by atoms with Crippen molar-refractivity contribution in [2.24, 2.45) is 0 Å². The summed E-state index contributed by atoms with van der Waals surface area (Å²) >= 11 is 0. The van der Waals surface area contributed by atoms with E-state index in [1.165, 1.54) is 12.8 Å². The Labute approximate surface area is 136 Å². The molecular formula is C15H25N3O4S.